The van der Waals surface area contributed by atoms with Crippen molar-refractivity contribution >= 4 is 11.9 Å². The zero-order chi connectivity index (χ0) is 22.7. The number of hydrogen-bond donors (Lipinski definition) is 2. The number of fused-ring (bicyclic) bond motifs is 1. The molecule has 3 aliphatic rings. The van der Waals surface area contributed by atoms with E-state index in [2.05, 4.69) is 10.2 Å². The largest absolute Gasteiger partial charge is 0.478 e. The van der Waals surface area contributed by atoms with E-state index in [1.165, 1.54) is 12.1 Å². The van der Waals surface area contributed by atoms with E-state index in [1.54, 1.807) is 24.3 Å². The molecule has 0 bridgehead atoms. The predicted molar refractivity (Wildman–Crippen MR) is 110 cm³/mol. The van der Waals surface area contributed by atoms with Gasteiger partial charge in [-0.2, -0.15) is 13.2 Å². The number of benzene rings is 2. The Hall–Kier alpha value is -2.87. The predicted octanol–water partition coefficient (Wildman–Crippen LogP) is 4.17. The lowest BCUT2D eigenvalue weighted by atomic mass is 10.0. The summed E-state index contributed by atoms with van der Waals surface area (Å²) in [6.45, 7) is 0.442. The standard InChI is InChI=1S/C24H23F3N2O3/c25-24(26,27)18-5-1-14(2-6-18)13-29-19-11-16(19)12-20(29)21(30)28-23(9-10-23)17-7-3-15(4-8-17)22(31)32/h1-8,16,19-20H,9-13H2,(H,28,30)(H,31,32)/t16-,19+,20+/m0/s1. The van der Waals surface area contributed by atoms with Crippen LogP contribution in [0.1, 0.15) is 52.7 Å². The van der Waals surface area contributed by atoms with Gasteiger partial charge in [-0.1, -0.05) is 24.3 Å². The van der Waals surface area contributed by atoms with Crippen molar-refractivity contribution in [2.75, 3.05) is 0 Å². The first-order valence-electron chi connectivity index (χ1n) is 10.7. The Morgan fingerprint density at radius 1 is 1.03 bits per heavy atom. The second kappa shape index (κ2) is 7.33. The zero-order valence-electron chi connectivity index (χ0n) is 17.2. The number of hydrogen-bond acceptors (Lipinski definition) is 3. The van der Waals surface area contributed by atoms with Crippen molar-refractivity contribution in [3.05, 3.63) is 70.8 Å². The van der Waals surface area contributed by atoms with Crippen LogP contribution in [0.5, 0.6) is 0 Å². The number of alkyl halides is 3. The highest BCUT2D eigenvalue weighted by Gasteiger charge is 2.55. The highest BCUT2D eigenvalue weighted by molar-refractivity contribution is 5.87. The van der Waals surface area contributed by atoms with Crippen LogP contribution in [-0.2, 0) is 23.1 Å². The third-order valence-corrected chi connectivity index (χ3v) is 6.98. The number of amides is 1. The molecule has 3 atom stereocenters. The topological polar surface area (TPSA) is 69.6 Å². The molecule has 168 valence electrons. The monoisotopic (exact) mass is 444 g/mol. The van der Waals surface area contributed by atoms with Crippen molar-refractivity contribution in [2.24, 2.45) is 5.92 Å². The van der Waals surface area contributed by atoms with E-state index in [4.69, 9.17) is 5.11 Å². The summed E-state index contributed by atoms with van der Waals surface area (Å²) < 4.78 is 38.5. The van der Waals surface area contributed by atoms with Gasteiger partial charge in [-0.05, 0) is 67.0 Å². The van der Waals surface area contributed by atoms with E-state index >= 15 is 0 Å². The third-order valence-electron chi connectivity index (χ3n) is 6.98. The second-order valence-electron chi connectivity index (χ2n) is 9.14. The van der Waals surface area contributed by atoms with Crippen molar-refractivity contribution in [2.45, 2.75) is 56.0 Å². The lowest BCUT2D eigenvalue weighted by Crippen LogP contribution is -2.48. The molecule has 5 rings (SSSR count). The van der Waals surface area contributed by atoms with E-state index in [1.807, 2.05) is 0 Å². The van der Waals surface area contributed by atoms with E-state index in [9.17, 15) is 22.8 Å². The highest BCUT2D eigenvalue weighted by Crippen LogP contribution is 2.50. The number of aromatic carboxylic acids is 1. The summed E-state index contributed by atoms with van der Waals surface area (Å²) in [7, 11) is 0. The number of rotatable bonds is 6. The fourth-order valence-electron chi connectivity index (χ4n) is 4.90. The summed E-state index contributed by atoms with van der Waals surface area (Å²) in [5.74, 6) is -0.594. The molecule has 0 radical (unpaired) electrons. The molecular weight excluding hydrogens is 421 g/mol. The van der Waals surface area contributed by atoms with Crippen LogP contribution in [0.3, 0.4) is 0 Å². The van der Waals surface area contributed by atoms with Crippen LogP contribution < -0.4 is 5.32 Å². The lowest BCUT2D eigenvalue weighted by molar-refractivity contribution is -0.137. The normalized spacial score (nSPS) is 25.8. The van der Waals surface area contributed by atoms with E-state index in [-0.39, 0.29) is 17.5 Å². The zero-order valence-corrected chi connectivity index (χ0v) is 17.2. The van der Waals surface area contributed by atoms with Gasteiger partial charge < -0.3 is 10.4 Å². The molecule has 1 amide bonds. The maximum Gasteiger partial charge on any atom is 0.416 e. The van der Waals surface area contributed by atoms with Crippen molar-refractivity contribution < 1.29 is 27.9 Å². The van der Waals surface area contributed by atoms with Gasteiger partial charge in [-0.15, -0.1) is 0 Å². The molecule has 2 aromatic carbocycles. The molecule has 2 N–H and O–H groups in total. The Labute approximate surface area is 183 Å². The van der Waals surface area contributed by atoms with Crippen LogP contribution in [0.2, 0.25) is 0 Å². The molecule has 3 fully saturated rings. The summed E-state index contributed by atoms with van der Waals surface area (Å²) in [5, 5.41) is 12.3. The molecule has 2 saturated carbocycles. The van der Waals surface area contributed by atoms with E-state index < -0.39 is 23.2 Å². The minimum absolute atomic E-state index is 0.0658. The van der Waals surface area contributed by atoms with Crippen LogP contribution in [-0.4, -0.2) is 34.0 Å². The third kappa shape index (κ3) is 3.88. The SMILES string of the molecule is O=C(O)c1ccc(C2(NC(=O)[C@H]3C[C@@H]4C[C@H]4N3Cc3ccc(C(F)(F)F)cc3)CC2)cc1. The molecule has 2 aromatic rings. The number of halogens is 3. The summed E-state index contributed by atoms with van der Waals surface area (Å²) >= 11 is 0. The lowest BCUT2D eigenvalue weighted by Gasteiger charge is -2.29. The highest BCUT2D eigenvalue weighted by atomic mass is 19.4. The molecular formula is C24H23F3N2O3. The summed E-state index contributed by atoms with van der Waals surface area (Å²) in [6, 6.07) is 11.7. The Morgan fingerprint density at radius 2 is 1.69 bits per heavy atom. The van der Waals surface area contributed by atoms with Crippen LogP contribution in [0, 0.1) is 5.92 Å². The summed E-state index contributed by atoms with van der Waals surface area (Å²) in [4.78, 5) is 26.4. The first-order chi connectivity index (χ1) is 15.2. The molecule has 0 spiro atoms. The number of nitrogens with zero attached hydrogens (tertiary/aromatic N) is 1. The molecule has 0 aromatic heterocycles. The van der Waals surface area contributed by atoms with Crippen LogP contribution in [0.25, 0.3) is 0 Å². The Morgan fingerprint density at radius 3 is 2.25 bits per heavy atom. The van der Waals surface area contributed by atoms with E-state index in [0.29, 0.717) is 18.5 Å². The van der Waals surface area contributed by atoms with Gasteiger partial charge in [0.15, 0.2) is 0 Å². The molecule has 32 heavy (non-hydrogen) atoms. The van der Waals surface area contributed by atoms with Crippen molar-refractivity contribution in [3.63, 3.8) is 0 Å². The minimum Gasteiger partial charge on any atom is -0.478 e. The quantitative estimate of drug-likeness (QED) is 0.702. The fourth-order valence-corrected chi connectivity index (χ4v) is 4.90. The number of carbonyl (C=O) groups is 2. The molecule has 1 saturated heterocycles. The number of piperidine rings is 1. The van der Waals surface area contributed by atoms with Gasteiger partial charge in [0.25, 0.3) is 0 Å². The number of carboxylic acids is 1. The molecule has 1 aliphatic heterocycles. The molecule has 5 nitrogen and oxygen atoms in total. The number of carboxylic acid groups (broad SMARTS) is 1. The second-order valence-corrected chi connectivity index (χ2v) is 9.14. The first kappa shape index (κ1) is 21.0. The van der Waals surface area contributed by atoms with Gasteiger partial charge in [-0.25, -0.2) is 4.79 Å². The van der Waals surface area contributed by atoms with Crippen LogP contribution in [0.15, 0.2) is 48.5 Å². The fraction of sp³-hybridized carbons (Fsp3) is 0.417. The van der Waals surface area contributed by atoms with Crippen LogP contribution in [0.4, 0.5) is 13.2 Å². The maximum absolute atomic E-state index is 13.2. The first-order valence-corrected chi connectivity index (χ1v) is 10.7. The van der Waals surface area contributed by atoms with Crippen LogP contribution >= 0.6 is 0 Å². The average molecular weight is 444 g/mol. The molecule has 1 heterocycles. The van der Waals surface area contributed by atoms with Crippen molar-refractivity contribution in [1.29, 1.82) is 0 Å². The molecule has 8 heteroatoms. The Kier molecular flexibility index (Phi) is 4.81. The Balaban J connectivity index is 1.28. The Bertz CT molecular complexity index is 1050. The number of carbonyl (C=O) groups excluding carboxylic acids is 1. The van der Waals surface area contributed by atoms with Gasteiger partial charge in [0.2, 0.25) is 5.91 Å². The summed E-state index contributed by atoms with van der Waals surface area (Å²) in [5.41, 5.74) is 0.725. The van der Waals surface area contributed by atoms with Gasteiger partial charge in [0.1, 0.15) is 0 Å². The van der Waals surface area contributed by atoms with Crippen molar-refractivity contribution in [1.82, 2.24) is 10.2 Å². The summed E-state index contributed by atoms with van der Waals surface area (Å²) in [6.07, 6.45) is -0.998. The number of likely N-dealkylation sites (tertiary alicyclic amines) is 1. The molecule has 2 aliphatic carbocycles. The van der Waals surface area contributed by atoms with Crippen molar-refractivity contribution in [3.8, 4) is 0 Å². The maximum atomic E-state index is 13.2. The van der Waals surface area contributed by atoms with Gasteiger partial charge in [-0.3, -0.25) is 9.69 Å². The van der Waals surface area contributed by atoms with E-state index in [0.717, 1.165) is 48.9 Å². The number of nitrogens with one attached hydrogen (secondary N) is 1. The van der Waals surface area contributed by atoms with Gasteiger partial charge in [0, 0.05) is 12.6 Å². The smallest absolute Gasteiger partial charge is 0.416 e. The minimum atomic E-state index is -4.36. The van der Waals surface area contributed by atoms with Gasteiger partial charge in [0.05, 0.1) is 22.7 Å². The van der Waals surface area contributed by atoms with Gasteiger partial charge >= 0.3 is 12.1 Å². The average Bonchev–Trinajstić information content (AvgIpc) is 3.67. The molecule has 0 unspecified atom stereocenters.